The molecule has 5 heteroatoms. The fraction of sp³-hybridized carbons (Fsp3) is 0.708. The van der Waals surface area contributed by atoms with Gasteiger partial charge in [0.25, 0.3) is 0 Å². The molecule has 4 nitrogen and oxygen atoms in total. The average Bonchev–Trinajstić information content (AvgIpc) is 2.93. The summed E-state index contributed by atoms with van der Waals surface area (Å²) in [7, 11) is 1.41. The molecular formula is C24H39BrO4. The summed E-state index contributed by atoms with van der Waals surface area (Å²) in [6.07, 6.45) is 13.8. The lowest BCUT2D eigenvalue weighted by molar-refractivity contribution is -0.140. The Kier molecular flexibility index (Phi) is 11.4. The van der Waals surface area contributed by atoms with Gasteiger partial charge in [-0.25, -0.2) is 0 Å². The van der Waals surface area contributed by atoms with Gasteiger partial charge in [-0.2, -0.15) is 0 Å². The smallest absolute Gasteiger partial charge is 0.305 e. The number of rotatable bonds is 11. The van der Waals surface area contributed by atoms with E-state index in [4.69, 9.17) is 0 Å². The maximum atomic E-state index is 11.1. The maximum absolute atomic E-state index is 11.1. The molecule has 1 fully saturated rings. The molecule has 166 valence electrons. The van der Waals surface area contributed by atoms with Crippen molar-refractivity contribution in [3.63, 3.8) is 0 Å². The van der Waals surface area contributed by atoms with E-state index in [-0.39, 0.29) is 28.0 Å². The summed E-state index contributed by atoms with van der Waals surface area (Å²) in [6, 6.07) is 0. The van der Waals surface area contributed by atoms with Crippen LogP contribution in [0.3, 0.4) is 0 Å². The van der Waals surface area contributed by atoms with Crippen molar-refractivity contribution in [3.05, 3.63) is 36.0 Å². The zero-order valence-corrected chi connectivity index (χ0v) is 20.2. The summed E-state index contributed by atoms with van der Waals surface area (Å²) in [6.45, 7) is 8.26. The fourth-order valence-corrected chi connectivity index (χ4v) is 4.54. The predicted molar refractivity (Wildman–Crippen MR) is 123 cm³/mol. The summed E-state index contributed by atoms with van der Waals surface area (Å²) >= 11 is 3.72. The molecule has 0 saturated heterocycles. The minimum Gasteiger partial charge on any atom is -0.469 e. The second-order valence-electron chi connectivity index (χ2n) is 9.04. The van der Waals surface area contributed by atoms with Gasteiger partial charge in [-0.15, -0.1) is 0 Å². The van der Waals surface area contributed by atoms with Gasteiger partial charge in [0.1, 0.15) is 0 Å². The number of carbonyl (C=O) groups is 1. The minimum atomic E-state index is -0.561. The summed E-state index contributed by atoms with van der Waals surface area (Å²) in [5.41, 5.74) is 1.00. The van der Waals surface area contributed by atoms with Gasteiger partial charge in [0, 0.05) is 17.2 Å². The van der Waals surface area contributed by atoms with E-state index in [9.17, 15) is 15.0 Å². The van der Waals surface area contributed by atoms with Gasteiger partial charge in [0.05, 0.1) is 19.3 Å². The molecule has 29 heavy (non-hydrogen) atoms. The van der Waals surface area contributed by atoms with Crippen LogP contribution in [0.1, 0.15) is 66.2 Å². The normalized spacial score (nSPS) is 26.2. The zero-order chi connectivity index (χ0) is 22.0. The standard InChI is InChI=1S/C24H39BrO4/c1-17(2)14-15-24(3,4)22(27)13-12-19-18(20(25)16-21(19)26)10-8-6-7-9-11-23(28)29-5/h6,8,12-14,18-22,26-27H,7,9-11,15-16H2,1-5H3/b8-6-,13-12+/t18-,19-,20-,21-,22-/m1/s1. The van der Waals surface area contributed by atoms with E-state index >= 15 is 0 Å². The molecule has 0 aromatic carbocycles. The Hall–Kier alpha value is -0.910. The monoisotopic (exact) mass is 470 g/mol. The Bertz CT molecular complexity index is 590. The molecule has 0 aromatic rings. The van der Waals surface area contributed by atoms with E-state index in [1.807, 2.05) is 12.2 Å². The molecule has 1 saturated carbocycles. The van der Waals surface area contributed by atoms with E-state index in [2.05, 4.69) is 66.6 Å². The highest BCUT2D eigenvalue weighted by atomic mass is 79.9. The molecule has 0 spiro atoms. The first-order valence-electron chi connectivity index (χ1n) is 10.6. The second-order valence-corrected chi connectivity index (χ2v) is 10.2. The van der Waals surface area contributed by atoms with Crippen LogP contribution in [-0.2, 0) is 9.53 Å². The number of unbranched alkanes of at least 4 members (excludes halogenated alkanes) is 1. The number of allylic oxidation sites excluding steroid dienone is 4. The van der Waals surface area contributed by atoms with Crippen molar-refractivity contribution in [2.45, 2.75) is 83.3 Å². The van der Waals surface area contributed by atoms with Crippen molar-refractivity contribution in [2.75, 3.05) is 7.11 Å². The van der Waals surface area contributed by atoms with Crippen LogP contribution in [0.25, 0.3) is 0 Å². The van der Waals surface area contributed by atoms with Crippen molar-refractivity contribution in [3.8, 4) is 0 Å². The van der Waals surface area contributed by atoms with Gasteiger partial charge >= 0.3 is 5.97 Å². The Morgan fingerprint density at radius 1 is 1.31 bits per heavy atom. The number of alkyl halides is 1. The third-order valence-electron chi connectivity index (χ3n) is 5.78. The summed E-state index contributed by atoms with van der Waals surface area (Å²) in [5.74, 6) is 0.133. The molecule has 2 N–H and O–H groups in total. The molecule has 0 unspecified atom stereocenters. The van der Waals surface area contributed by atoms with Crippen LogP contribution in [-0.4, -0.2) is 40.3 Å². The Morgan fingerprint density at radius 2 is 2.00 bits per heavy atom. The lowest BCUT2D eigenvalue weighted by Gasteiger charge is -2.28. The van der Waals surface area contributed by atoms with Crippen LogP contribution in [0.15, 0.2) is 36.0 Å². The molecule has 5 atom stereocenters. The van der Waals surface area contributed by atoms with E-state index in [0.29, 0.717) is 12.8 Å². The molecule has 0 amide bonds. The van der Waals surface area contributed by atoms with Crippen molar-refractivity contribution < 1.29 is 19.7 Å². The van der Waals surface area contributed by atoms with Crippen LogP contribution in [0.5, 0.6) is 0 Å². The SMILES string of the molecule is COC(=O)CCC/C=C\C[C@@H]1[C@@H](/C=C/[C@@H](O)C(C)(C)CC=C(C)C)[C@H](O)C[C@H]1Br. The van der Waals surface area contributed by atoms with Crippen LogP contribution >= 0.6 is 15.9 Å². The van der Waals surface area contributed by atoms with Gasteiger partial charge < -0.3 is 14.9 Å². The highest BCUT2D eigenvalue weighted by molar-refractivity contribution is 9.09. The zero-order valence-electron chi connectivity index (χ0n) is 18.6. The van der Waals surface area contributed by atoms with Crippen molar-refractivity contribution in [1.29, 1.82) is 0 Å². The topological polar surface area (TPSA) is 66.8 Å². The van der Waals surface area contributed by atoms with Crippen molar-refractivity contribution in [2.24, 2.45) is 17.3 Å². The fourth-order valence-electron chi connectivity index (χ4n) is 3.58. The van der Waals surface area contributed by atoms with E-state index in [1.54, 1.807) is 0 Å². The van der Waals surface area contributed by atoms with Crippen LogP contribution in [0.4, 0.5) is 0 Å². The Labute approximate surface area is 185 Å². The largest absolute Gasteiger partial charge is 0.469 e. The van der Waals surface area contributed by atoms with Crippen LogP contribution in [0, 0.1) is 17.3 Å². The third kappa shape index (κ3) is 9.18. The molecular weight excluding hydrogens is 432 g/mol. The first-order valence-corrected chi connectivity index (χ1v) is 11.5. The number of aliphatic hydroxyl groups is 2. The van der Waals surface area contributed by atoms with Gasteiger partial charge in [-0.1, -0.05) is 65.7 Å². The Balaban J connectivity index is 2.64. The molecule has 0 radical (unpaired) electrons. The highest BCUT2D eigenvalue weighted by Gasteiger charge is 2.39. The number of carbonyl (C=O) groups excluding carboxylic acids is 1. The van der Waals surface area contributed by atoms with Gasteiger partial charge in [-0.3, -0.25) is 4.79 Å². The lowest BCUT2D eigenvalue weighted by Crippen LogP contribution is -2.28. The van der Waals surface area contributed by atoms with Crippen molar-refractivity contribution >= 4 is 21.9 Å². The molecule has 0 bridgehead atoms. The van der Waals surface area contributed by atoms with Crippen molar-refractivity contribution in [1.82, 2.24) is 0 Å². The average molecular weight is 471 g/mol. The summed E-state index contributed by atoms with van der Waals surface area (Å²) < 4.78 is 4.65. The molecule has 1 aliphatic rings. The van der Waals surface area contributed by atoms with Gasteiger partial charge in [0.2, 0.25) is 0 Å². The molecule has 0 aliphatic heterocycles. The van der Waals surface area contributed by atoms with E-state index in [1.165, 1.54) is 12.7 Å². The number of hydrogen-bond acceptors (Lipinski definition) is 4. The van der Waals surface area contributed by atoms with Crippen LogP contribution < -0.4 is 0 Å². The van der Waals surface area contributed by atoms with Gasteiger partial charge in [-0.05, 0) is 57.3 Å². The number of methoxy groups -OCH3 is 1. The number of aliphatic hydroxyl groups excluding tert-OH is 2. The highest BCUT2D eigenvalue weighted by Crippen LogP contribution is 2.41. The second kappa shape index (κ2) is 12.7. The van der Waals surface area contributed by atoms with E-state index < -0.39 is 12.2 Å². The maximum Gasteiger partial charge on any atom is 0.305 e. The number of esters is 1. The third-order valence-corrected chi connectivity index (χ3v) is 6.83. The molecule has 0 aromatic heterocycles. The number of hydrogen-bond donors (Lipinski definition) is 2. The molecule has 0 heterocycles. The lowest BCUT2D eigenvalue weighted by atomic mass is 9.81. The van der Waals surface area contributed by atoms with Gasteiger partial charge in [0.15, 0.2) is 0 Å². The first-order chi connectivity index (χ1) is 13.6. The Morgan fingerprint density at radius 3 is 2.62 bits per heavy atom. The quantitative estimate of drug-likeness (QED) is 0.185. The number of halogens is 1. The summed E-state index contributed by atoms with van der Waals surface area (Å²) in [4.78, 5) is 11.4. The molecule has 1 rings (SSSR count). The minimum absolute atomic E-state index is 0.0213. The van der Waals surface area contributed by atoms with E-state index in [0.717, 1.165) is 25.7 Å². The first kappa shape index (κ1) is 26.1. The predicted octanol–water partition coefficient (Wildman–Crippen LogP) is 5.34. The number of ether oxygens (including phenoxy) is 1. The molecule has 1 aliphatic carbocycles. The van der Waals surface area contributed by atoms with Crippen LogP contribution in [0.2, 0.25) is 0 Å². The summed E-state index contributed by atoms with van der Waals surface area (Å²) in [5, 5.41) is 21.2.